The molecule has 7 heteroatoms. The lowest BCUT2D eigenvalue weighted by molar-refractivity contribution is -0.149. The van der Waals surface area contributed by atoms with Gasteiger partial charge in [0, 0.05) is 40.4 Å². The fourth-order valence-corrected chi connectivity index (χ4v) is 5.40. The summed E-state index contributed by atoms with van der Waals surface area (Å²) < 4.78 is 16.7. The van der Waals surface area contributed by atoms with E-state index < -0.39 is 17.8 Å². The molecule has 2 aliphatic heterocycles. The molecule has 0 saturated carbocycles. The van der Waals surface area contributed by atoms with E-state index in [1.165, 1.54) is 0 Å². The third-order valence-corrected chi connectivity index (χ3v) is 7.08. The van der Waals surface area contributed by atoms with Crippen LogP contribution in [0.3, 0.4) is 0 Å². The third kappa shape index (κ3) is 4.43. The normalized spacial score (nSPS) is 23.3. The molecule has 2 heterocycles. The number of ketones is 1. The quantitative estimate of drug-likeness (QED) is 0.555. The summed E-state index contributed by atoms with van der Waals surface area (Å²) in [6.45, 7) is 8.50. The molecule has 0 radical (unpaired) electrons. The molecule has 5 rings (SSSR count). The fraction of sp³-hybridized carbons (Fsp3) is 0.357. The minimum Gasteiger partial charge on any atom is -0.465 e. The Morgan fingerprint density at radius 1 is 1.17 bits per heavy atom. The van der Waals surface area contributed by atoms with Crippen LogP contribution in [-0.4, -0.2) is 25.2 Å². The average molecular weight is 494 g/mol. The zero-order valence-corrected chi connectivity index (χ0v) is 20.6. The highest BCUT2D eigenvalue weighted by molar-refractivity contribution is 6.31. The first-order valence-corrected chi connectivity index (χ1v) is 12.2. The lowest BCUT2D eigenvalue weighted by Crippen LogP contribution is -2.42. The van der Waals surface area contributed by atoms with Crippen molar-refractivity contribution >= 4 is 23.4 Å². The molecule has 0 saturated heterocycles. The number of rotatable bonds is 5. The molecular formula is C28H28ClNO5. The first-order chi connectivity index (χ1) is 16.8. The van der Waals surface area contributed by atoms with Crippen LogP contribution in [0.25, 0.3) is 0 Å². The molecule has 1 N–H and O–H groups in total. The summed E-state index contributed by atoms with van der Waals surface area (Å²) in [6.07, 6.45) is 0.986. The van der Waals surface area contributed by atoms with Gasteiger partial charge in [0.25, 0.3) is 0 Å². The van der Waals surface area contributed by atoms with Gasteiger partial charge in [-0.1, -0.05) is 62.4 Å². The van der Waals surface area contributed by atoms with Crippen LogP contribution in [0.2, 0.25) is 5.02 Å². The number of fused-ring (bicyclic) bond motifs is 1. The zero-order chi connectivity index (χ0) is 24.7. The van der Waals surface area contributed by atoms with Crippen molar-refractivity contribution in [2.45, 2.75) is 38.5 Å². The van der Waals surface area contributed by atoms with Crippen molar-refractivity contribution in [3.8, 4) is 11.5 Å². The maximum Gasteiger partial charge on any atom is 0.315 e. The number of carbonyl (C=O) groups excluding carboxylic acids is 2. The van der Waals surface area contributed by atoms with Crippen LogP contribution in [0, 0.1) is 11.8 Å². The van der Waals surface area contributed by atoms with E-state index in [0.717, 1.165) is 11.3 Å². The Balaban J connectivity index is 1.60. The number of benzene rings is 2. The van der Waals surface area contributed by atoms with Gasteiger partial charge in [-0.15, -0.1) is 0 Å². The number of nitrogens with one attached hydrogen (secondary N) is 1. The van der Waals surface area contributed by atoms with Crippen molar-refractivity contribution in [3.63, 3.8) is 0 Å². The lowest BCUT2D eigenvalue weighted by Gasteiger charge is -2.40. The number of allylic oxidation sites excluding steroid dienone is 2. The number of hydrogen-bond acceptors (Lipinski definition) is 6. The van der Waals surface area contributed by atoms with Crippen LogP contribution in [0.5, 0.6) is 11.5 Å². The van der Waals surface area contributed by atoms with E-state index in [0.29, 0.717) is 46.2 Å². The summed E-state index contributed by atoms with van der Waals surface area (Å²) in [5, 5.41) is 3.71. The molecule has 1 aliphatic carbocycles. The van der Waals surface area contributed by atoms with E-state index in [2.05, 4.69) is 11.9 Å². The van der Waals surface area contributed by atoms with Crippen LogP contribution in [0.1, 0.15) is 49.7 Å². The molecule has 3 unspecified atom stereocenters. The highest BCUT2D eigenvalue weighted by Crippen LogP contribution is 2.50. The Morgan fingerprint density at radius 2 is 1.89 bits per heavy atom. The van der Waals surface area contributed by atoms with E-state index in [-0.39, 0.29) is 31.0 Å². The summed E-state index contributed by atoms with van der Waals surface area (Å²) >= 11 is 6.72. The maximum absolute atomic E-state index is 13.7. The Bertz CT molecular complexity index is 1220. The molecule has 3 atom stereocenters. The molecular weight excluding hydrogens is 466 g/mol. The Hall–Kier alpha value is -3.25. The second kappa shape index (κ2) is 9.42. The molecule has 0 fully saturated rings. The van der Waals surface area contributed by atoms with Crippen LogP contribution in [-0.2, 0) is 14.3 Å². The third-order valence-electron chi connectivity index (χ3n) is 6.75. The van der Waals surface area contributed by atoms with Crippen LogP contribution in [0.4, 0.5) is 0 Å². The van der Waals surface area contributed by atoms with Gasteiger partial charge in [0.2, 0.25) is 6.79 Å². The van der Waals surface area contributed by atoms with Gasteiger partial charge in [0.1, 0.15) is 5.92 Å². The van der Waals surface area contributed by atoms with Gasteiger partial charge in [-0.05, 0) is 35.4 Å². The number of ether oxygens (including phenoxy) is 3. The molecule has 182 valence electrons. The lowest BCUT2D eigenvalue weighted by atomic mass is 9.69. The molecule has 2 aromatic carbocycles. The molecule has 0 bridgehead atoms. The predicted octanol–water partition coefficient (Wildman–Crippen LogP) is 5.49. The molecule has 35 heavy (non-hydrogen) atoms. The second-order valence-corrected chi connectivity index (χ2v) is 10.1. The van der Waals surface area contributed by atoms with Gasteiger partial charge in [-0.2, -0.15) is 0 Å². The molecule has 6 nitrogen and oxygen atoms in total. The number of carbonyl (C=O) groups is 2. The topological polar surface area (TPSA) is 73.9 Å². The van der Waals surface area contributed by atoms with Crippen molar-refractivity contribution in [1.82, 2.24) is 5.32 Å². The Kier molecular flexibility index (Phi) is 6.32. The van der Waals surface area contributed by atoms with Crippen LogP contribution < -0.4 is 14.8 Å². The summed E-state index contributed by atoms with van der Waals surface area (Å²) in [6, 6.07) is 13.5. The molecule has 0 spiro atoms. The Morgan fingerprint density at radius 3 is 2.60 bits per heavy atom. The molecule has 2 aromatic rings. The fourth-order valence-electron chi connectivity index (χ4n) is 5.13. The standard InChI is InChI=1S/C28H28ClNO5/c1-15(2)13-33-28(32)25-16(3)30-21-9-18(17-7-5-4-6-8-17)10-22(31)27(21)26(25)19-11-23-24(12-20(19)29)35-14-34-23/h4-8,11-12,15,18,25-26,30H,3,9-10,13-14H2,1-2H3. The van der Waals surface area contributed by atoms with E-state index >= 15 is 0 Å². The van der Waals surface area contributed by atoms with Gasteiger partial charge in [-0.25, -0.2) is 0 Å². The summed E-state index contributed by atoms with van der Waals surface area (Å²) in [7, 11) is 0. The van der Waals surface area contributed by atoms with Crippen molar-refractivity contribution < 1.29 is 23.8 Å². The van der Waals surface area contributed by atoms with Gasteiger partial charge < -0.3 is 19.5 Å². The van der Waals surface area contributed by atoms with Crippen molar-refractivity contribution in [2.75, 3.05) is 13.4 Å². The summed E-state index contributed by atoms with van der Waals surface area (Å²) in [4.78, 5) is 27.1. The molecule has 0 aromatic heterocycles. The first kappa shape index (κ1) is 23.5. The monoisotopic (exact) mass is 493 g/mol. The largest absolute Gasteiger partial charge is 0.465 e. The average Bonchev–Trinajstić information content (AvgIpc) is 3.28. The zero-order valence-electron chi connectivity index (χ0n) is 19.8. The van der Waals surface area contributed by atoms with Crippen molar-refractivity contribution in [3.05, 3.63) is 82.2 Å². The highest BCUT2D eigenvalue weighted by Gasteiger charge is 2.46. The molecule has 0 amide bonds. The van der Waals surface area contributed by atoms with Gasteiger partial charge >= 0.3 is 5.97 Å². The Labute approximate surface area is 209 Å². The highest BCUT2D eigenvalue weighted by atomic mass is 35.5. The second-order valence-electron chi connectivity index (χ2n) is 9.69. The van der Waals surface area contributed by atoms with E-state index in [1.807, 2.05) is 44.2 Å². The predicted molar refractivity (Wildman–Crippen MR) is 132 cm³/mol. The summed E-state index contributed by atoms with van der Waals surface area (Å²) in [5.41, 5.74) is 3.58. The minimum absolute atomic E-state index is 0.0134. The SMILES string of the molecule is C=C1NC2=C(C(=O)CC(c3ccccc3)C2)C(c2cc3c(cc2Cl)OCO3)C1C(=O)OCC(C)C. The number of halogens is 1. The molecule has 3 aliphatic rings. The van der Waals surface area contributed by atoms with Crippen molar-refractivity contribution in [2.24, 2.45) is 11.8 Å². The number of Topliss-reactive ketones (excluding diaryl/α,β-unsaturated/α-hetero) is 1. The van der Waals surface area contributed by atoms with Crippen LogP contribution in [0.15, 0.2) is 66.0 Å². The first-order valence-electron chi connectivity index (χ1n) is 11.9. The van der Waals surface area contributed by atoms with Crippen molar-refractivity contribution in [1.29, 1.82) is 0 Å². The number of hydrogen-bond donors (Lipinski definition) is 1. The smallest absolute Gasteiger partial charge is 0.315 e. The van der Waals surface area contributed by atoms with E-state index in [9.17, 15) is 9.59 Å². The van der Waals surface area contributed by atoms with Crippen LogP contribution >= 0.6 is 11.6 Å². The van der Waals surface area contributed by atoms with Gasteiger partial charge in [0.05, 0.1) is 6.61 Å². The van der Waals surface area contributed by atoms with E-state index in [1.54, 1.807) is 12.1 Å². The van der Waals surface area contributed by atoms with Gasteiger partial charge in [0.15, 0.2) is 17.3 Å². The minimum atomic E-state index is -0.803. The summed E-state index contributed by atoms with van der Waals surface area (Å²) in [5.74, 6) is -0.587. The van der Waals surface area contributed by atoms with Gasteiger partial charge in [-0.3, -0.25) is 9.59 Å². The maximum atomic E-state index is 13.7. The van der Waals surface area contributed by atoms with E-state index in [4.69, 9.17) is 25.8 Å². The number of esters is 1.